The largest absolute Gasteiger partial charge is 0.480 e. The second-order valence-electron chi connectivity index (χ2n) is 3.85. The zero-order valence-corrected chi connectivity index (χ0v) is 9.77. The Morgan fingerprint density at radius 1 is 1.59 bits per heavy atom. The summed E-state index contributed by atoms with van der Waals surface area (Å²) >= 11 is 0. The van der Waals surface area contributed by atoms with Crippen LogP contribution in [-0.2, 0) is 14.3 Å². The molecule has 98 valence electrons. The highest BCUT2D eigenvalue weighted by atomic mass is 16.5. The summed E-state index contributed by atoms with van der Waals surface area (Å²) in [6.07, 6.45) is 0.990. The van der Waals surface area contributed by atoms with Gasteiger partial charge in [0.1, 0.15) is 6.04 Å². The van der Waals surface area contributed by atoms with Crippen molar-refractivity contribution in [3.05, 3.63) is 0 Å². The van der Waals surface area contributed by atoms with Crippen molar-refractivity contribution in [1.82, 2.24) is 10.6 Å². The van der Waals surface area contributed by atoms with Crippen LogP contribution in [0.4, 0.5) is 4.79 Å². The summed E-state index contributed by atoms with van der Waals surface area (Å²) in [5.74, 6) is -1.07. The lowest BCUT2D eigenvalue weighted by atomic mass is 10.2. The maximum absolute atomic E-state index is 11.5. The zero-order valence-electron chi connectivity index (χ0n) is 9.77. The molecule has 0 radical (unpaired) electrons. The van der Waals surface area contributed by atoms with Crippen molar-refractivity contribution in [2.45, 2.75) is 24.9 Å². The molecule has 1 fully saturated rings. The van der Waals surface area contributed by atoms with Gasteiger partial charge in [-0.25, -0.2) is 9.59 Å². The predicted molar refractivity (Wildman–Crippen MR) is 58.8 cm³/mol. The fourth-order valence-corrected chi connectivity index (χ4v) is 1.53. The van der Waals surface area contributed by atoms with Crippen LogP contribution in [0.2, 0.25) is 0 Å². The van der Waals surface area contributed by atoms with Gasteiger partial charge in [0.25, 0.3) is 0 Å². The van der Waals surface area contributed by atoms with E-state index in [2.05, 4.69) is 10.6 Å². The molecule has 7 heteroatoms. The van der Waals surface area contributed by atoms with E-state index in [9.17, 15) is 9.59 Å². The molecular formula is C10H18N2O5. The Hall–Kier alpha value is -1.34. The summed E-state index contributed by atoms with van der Waals surface area (Å²) in [6.45, 7) is 1.38. The van der Waals surface area contributed by atoms with Crippen LogP contribution in [0, 0.1) is 0 Å². The lowest BCUT2D eigenvalue weighted by molar-refractivity contribution is -0.139. The van der Waals surface area contributed by atoms with E-state index in [1.807, 2.05) is 0 Å². The Morgan fingerprint density at radius 2 is 2.35 bits per heavy atom. The van der Waals surface area contributed by atoms with Gasteiger partial charge in [0.2, 0.25) is 0 Å². The molecule has 0 aliphatic carbocycles. The molecule has 7 nitrogen and oxygen atoms in total. The van der Waals surface area contributed by atoms with E-state index in [-0.39, 0.29) is 19.1 Å². The first-order valence-electron chi connectivity index (χ1n) is 5.50. The first kappa shape index (κ1) is 13.7. The van der Waals surface area contributed by atoms with E-state index in [0.717, 1.165) is 6.42 Å². The van der Waals surface area contributed by atoms with Crippen LogP contribution in [0.5, 0.6) is 0 Å². The fraction of sp³-hybridized carbons (Fsp3) is 0.800. The first-order chi connectivity index (χ1) is 8.13. The Balaban J connectivity index is 2.32. The molecule has 17 heavy (non-hydrogen) atoms. The number of amides is 2. The number of carbonyl (C=O) groups excluding carboxylic acids is 1. The quantitative estimate of drug-likeness (QED) is 0.590. The number of carboxylic acid groups (broad SMARTS) is 1. The Morgan fingerprint density at radius 3 is 2.88 bits per heavy atom. The molecular weight excluding hydrogens is 228 g/mol. The molecule has 1 aliphatic rings. The molecule has 2 atom stereocenters. The van der Waals surface area contributed by atoms with Gasteiger partial charge in [-0.1, -0.05) is 0 Å². The monoisotopic (exact) mass is 246 g/mol. The Bertz CT molecular complexity index is 265. The lowest BCUT2D eigenvalue weighted by Crippen LogP contribution is -2.49. The van der Waals surface area contributed by atoms with Crippen LogP contribution < -0.4 is 10.6 Å². The van der Waals surface area contributed by atoms with Crippen LogP contribution in [0.1, 0.15) is 12.8 Å². The summed E-state index contributed by atoms with van der Waals surface area (Å²) in [7, 11) is 1.48. The third kappa shape index (κ3) is 5.01. The van der Waals surface area contributed by atoms with Gasteiger partial charge in [-0.05, 0) is 6.42 Å². The highest BCUT2D eigenvalue weighted by Crippen LogP contribution is 2.03. The van der Waals surface area contributed by atoms with Crippen molar-refractivity contribution in [1.29, 1.82) is 0 Å². The van der Waals surface area contributed by atoms with Crippen LogP contribution in [0.15, 0.2) is 0 Å². The third-order valence-electron chi connectivity index (χ3n) is 2.48. The third-order valence-corrected chi connectivity index (χ3v) is 2.48. The number of carboxylic acids is 1. The molecule has 0 aromatic rings. The van der Waals surface area contributed by atoms with Gasteiger partial charge >= 0.3 is 12.0 Å². The molecule has 2 amide bonds. The topological polar surface area (TPSA) is 96.9 Å². The van der Waals surface area contributed by atoms with E-state index < -0.39 is 18.0 Å². The van der Waals surface area contributed by atoms with Crippen LogP contribution in [0.3, 0.4) is 0 Å². The molecule has 0 aromatic heterocycles. The predicted octanol–water partition coefficient (Wildman–Crippen LogP) is -0.436. The van der Waals surface area contributed by atoms with Crippen molar-refractivity contribution in [2.75, 3.05) is 26.9 Å². The fourth-order valence-electron chi connectivity index (χ4n) is 1.53. The normalized spacial score (nSPS) is 20.9. The van der Waals surface area contributed by atoms with E-state index in [1.165, 1.54) is 7.11 Å². The van der Waals surface area contributed by atoms with Gasteiger partial charge in [0.15, 0.2) is 0 Å². The molecule has 0 aromatic carbocycles. The van der Waals surface area contributed by atoms with Gasteiger partial charge < -0.3 is 25.2 Å². The molecule has 2 unspecified atom stereocenters. The molecule has 0 saturated carbocycles. The average molecular weight is 246 g/mol. The molecule has 1 rings (SSSR count). The Labute approximate surface area is 99.5 Å². The van der Waals surface area contributed by atoms with E-state index >= 15 is 0 Å². The highest BCUT2D eigenvalue weighted by Gasteiger charge is 2.22. The van der Waals surface area contributed by atoms with Gasteiger partial charge in [-0.2, -0.15) is 0 Å². The standard InChI is InChI=1S/C10H18N2O5/c1-16-4-3-8(9(13)14)12-10(15)11-7-2-5-17-6-7/h7-8H,2-6H2,1H3,(H,13,14)(H2,11,12,15). The van der Waals surface area contributed by atoms with E-state index in [4.69, 9.17) is 14.6 Å². The number of hydrogen-bond acceptors (Lipinski definition) is 4. The van der Waals surface area contributed by atoms with Crippen molar-refractivity contribution in [3.8, 4) is 0 Å². The van der Waals surface area contributed by atoms with Gasteiger partial charge in [-0.3, -0.25) is 0 Å². The first-order valence-corrected chi connectivity index (χ1v) is 5.50. The zero-order chi connectivity index (χ0) is 12.7. The second kappa shape index (κ2) is 7.08. The van der Waals surface area contributed by atoms with Gasteiger partial charge in [0.05, 0.1) is 12.6 Å². The summed E-state index contributed by atoms with van der Waals surface area (Å²) in [6, 6.07) is -1.45. The molecule has 1 heterocycles. The summed E-state index contributed by atoms with van der Waals surface area (Å²) in [4.78, 5) is 22.4. The number of urea groups is 1. The number of ether oxygens (including phenoxy) is 2. The summed E-state index contributed by atoms with van der Waals surface area (Å²) in [5, 5.41) is 13.9. The highest BCUT2D eigenvalue weighted by molar-refractivity contribution is 5.82. The number of hydrogen-bond donors (Lipinski definition) is 3. The second-order valence-corrected chi connectivity index (χ2v) is 3.85. The van der Waals surface area contributed by atoms with Crippen molar-refractivity contribution in [2.24, 2.45) is 0 Å². The van der Waals surface area contributed by atoms with Crippen molar-refractivity contribution < 1.29 is 24.2 Å². The maximum Gasteiger partial charge on any atom is 0.326 e. The molecule has 0 bridgehead atoms. The molecule has 0 spiro atoms. The van der Waals surface area contributed by atoms with Gasteiger partial charge in [0, 0.05) is 26.7 Å². The summed E-state index contributed by atoms with van der Waals surface area (Å²) < 4.78 is 9.88. The minimum absolute atomic E-state index is 0.0353. The van der Waals surface area contributed by atoms with Crippen LogP contribution in [-0.4, -0.2) is 56.1 Å². The number of nitrogens with one attached hydrogen (secondary N) is 2. The number of methoxy groups -OCH3 is 1. The minimum atomic E-state index is -1.07. The van der Waals surface area contributed by atoms with Crippen LogP contribution in [0.25, 0.3) is 0 Å². The van der Waals surface area contributed by atoms with Crippen LogP contribution >= 0.6 is 0 Å². The number of rotatable bonds is 6. The Kier molecular flexibility index (Phi) is 5.71. The smallest absolute Gasteiger partial charge is 0.326 e. The van der Waals surface area contributed by atoms with E-state index in [1.54, 1.807) is 0 Å². The molecule has 1 aliphatic heterocycles. The number of aliphatic carboxylic acids is 1. The SMILES string of the molecule is COCCC(NC(=O)NC1CCOC1)C(=O)O. The maximum atomic E-state index is 11.5. The minimum Gasteiger partial charge on any atom is -0.480 e. The lowest BCUT2D eigenvalue weighted by Gasteiger charge is -2.16. The summed E-state index contributed by atoms with van der Waals surface area (Å²) in [5.41, 5.74) is 0. The number of carbonyl (C=O) groups is 2. The van der Waals surface area contributed by atoms with Gasteiger partial charge in [-0.15, -0.1) is 0 Å². The average Bonchev–Trinajstić information content (AvgIpc) is 2.76. The molecule has 1 saturated heterocycles. The van der Waals surface area contributed by atoms with E-state index in [0.29, 0.717) is 13.2 Å². The van der Waals surface area contributed by atoms with Crippen molar-refractivity contribution >= 4 is 12.0 Å². The molecule has 3 N–H and O–H groups in total. The van der Waals surface area contributed by atoms with Crippen molar-refractivity contribution in [3.63, 3.8) is 0 Å².